The number of rotatable bonds is 5. The average molecular weight is 373 g/mol. The molecule has 0 spiro atoms. The standard InChI is InChI=1S/C26H28O2/c1-18(2)19-6-8-20(9-7-19)21-10-11-22(17-27)25(16-21)28-24-14-12-23(13-15-24)26(3,4)5/h6-18H,1-5H3. The second-order valence-electron chi connectivity index (χ2n) is 8.52. The van der Waals surface area contributed by atoms with Gasteiger partial charge in [0.15, 0.2) is 6.29 Å². The molecule has 0 N–H and O–H groups in total. The van der Waals surface area contributed by atoms with Crippen LogP contribution in [0.5, 0.6) is 11.5 Å². The quantitative estimate of drug-likeness (QED) is 0.437. The molecule has 3 rings (SSSR count). The van der Waals surface area contributed by atoms with E-state index in [1.54, 1.807) is 0 Å². The molecule has 0 heterocycles. The van der Waals surface area contributed by atoms with Gasteiger partial charge in [-0.3, -0.25) is 4.79 Å². The van der Waals surface area contributed by atoms with E-state index in [1.807, 2.05) is 30.3 Å². The van der Waals surface area contributed by atoms with Crippen molar-refractivity contribution >= 4 is 6.29 Å². The van der Waals surface area contributed by atoms with Crippen molar-refractivity contribution in [2.24, 2.45) is 0 Å². The number of carbonyl (C=O) groups is 1. The van der Waals surface area contributed by atoms with Crippen LogP contribution in [0, 0.1) is 0 Å². The average Bonchev–Trinajstić information content (AvgIpc) is 2.68. The molecule has 0 radical (unpaired) electrons. The molecule has 0 atom stereocenters. The van der Waals surface area contributed by atoms with Crippen molar-refractivity contribution in [1.29, 1.82) is 0 Å². The monoisotopic (exact) mass is 372 g/mol. The highest BCUT2D eigenvalue weighted by Gasteiger charge is 2.14. The molecule has 0 saturated carbocycles. The minimum atomic E-state index is 0.0918. The van der Waals surface area contributed by atoms with Crippen LogP contribution in [0.4, 0.5) is 0 Å². The topological polar surface area (TPSA) is 26.3 Å². The zero-order valence-corrected chi connectivity index (χ0v) is 17.3. The zero-order valence-electron chi connectivity index (χ0n) is 17.3. The van der Waals surface area contributed by atoms with Crippen LogP contribution in [-0.2, 0) is 5.41 Å². The fraction of sp³-hybridized carbons (Fsp3) is 0.269. The van der Waals surface area contributed by atoms with Gasteiger partial charge in [0.2, 0.25) is 0 Å². The summed E-state index contributed by atoms with van der Waals surface area (Å²) in [6.07, 6.45) is 0.838. The SMILES string of the molecule is CC(C)c1ccc(-c2ccc(C=O)c(Oc3ccc(C(C)(C)C)cc3)c2)cc1. The van der Waals surface area contributed by atoms with Crippen molar-refractivity contribution in [3.05, 3.63) is 83.4 Å². The van der Waals surface area contributed by atoms with Gasteiger partial charge in [-0.05, 0) is 57.9 Å². The first-order valence-corrected chi connectivity index (χ1v) is 9.76. The summed E-state index contributed by atoms with van der Waals surface area (Å²) in [6.45, 7) is 10.9. The number of hydrogen-bond donors (Lipinski definition) is 0. The van der Waals surface area contributed by atoms with Crippen LogP contribution >= 0.6 is 0 Å². The summed E-state index contributed by atoms with van der Waals surface area (Å²) in [5.74, 6) is 1.80. The smallest absolute Gasteiger partial charge is 0.153 e. The molecule has 0 fully saturated rings. The summed E-state index contributed by atoms with van der Waals surface area (Å²) >= 11 is 0. The first-order valence-electron chi connectivity index (χ1n) is 9.76. The number of carbonyl (C=O) groups excluding carboxylic acids is 1. The first-order chi connectivity index (χ1) is 13.3. The highest BCUT2D eigenvalue weighted by atomic mass is 16.5. The van der Waals surface area contributed by atoms with Crippen molar-refractivity contribution in [3.63, 3.8) is 0 Å². The minimum Gasteiger partial charge on any atom is -0.457 e. The maximum absolute atomic E-state index is 11.5. The van der Waals surface area contributed by atoms with Gasteiger partial charge in [0.25, 0.3) is 0 Å². The maximum atomic E-state index is 11.5. The van der Waals surface area contributed by atoms with E-state index in [9.17, 15) is 4.79 Å². The molecule has 0 aromatic heterocycles. The molecule has 0 amide bonds. The summed E-state index contributed by atoms with van der Waals surface area (Å²) in [5.41, 5.74) is 5.33. The molecule has 0 aliphatic carbocycles. The molecule has 2 heteroatoms. The molecule has 0 saturated heterocycles. The second kappa shape index (κ2) is 8.02. The van der Waals surface area contributed by atoms with E-state index < -0.39 is 0 Å². The third-order valence-corrected chi connectivity index (χ3v) is 5.00. The van der Waals surface area contributed by atoms with Crippen LogP contribution in [0.2, 0.25) is 0 Å². The van der Waals surface area contributed by atoms with Gasteiger partial charge in [-0.2, -0.15) is 0 Å². The molecule has 28 heavy (non-hydrogen) atoms. The van der Waals surface area contributed by atoms with Crippen LogP contribution in [-0.4, -0.2) is 6.29 Å². The molecular formula is C26H28O2. The normalized spacial score (nSPS) is 11.5. The third kappa shape index (κ3) is 4.51. The summed E-state index contributed by atoms with van der Waals surface area (Å²) in [4.78, 5) is 11.5. The summed E-state index contributed by atoms with van der Waals surface area (Å²) in [5, 5.41) is 0. The maximum Gasteiger partial charge on any atom is 0.153 e. The van der Waals surface area contributed by atoms with Crippen molar-refractivity contribution in [2.45, 2.75) is 46.0 Å². The van der Waals surface area contributed by atoms with Crippen molar-refractivity contribution < 1.29 is 9.53 Å². The Morgan fingerprint density at radius 2 is 1.43 bits per heavy atom. The van der Waals surface area contributed by atoms with Gasteiger partial charge < -0.3 is 4.74 Å². The van der Waals surface area contributed by atoms with Crippen molar-refractivity contribution in [2.75, 3.05) is 0 Å². The van der Waals surface area contributed by atoms with E-state index >= 15 is 0 Å². The van der Waals surface area contributed by atoms with Gasteiger partial charge in [-0.25, -0.2) is 0 Å². The lowest BCUT2D eigenvalue weighted by Crippen LogP contribution is -2.10. The van der Waals surface area contributed by atoms with E-state index in [2.05, 4.69) is 71.0 Å². The molecule has 144 valence electrons. The highest BCUT2D eigenvalue weighted by molar-refractivity contribution is 5.82. The molecule has 0 aliphatic heterocycles. The van der Waals surface area contributed by atoms with E-state index in [1.165, 1.54) is 11.1 Å². The zero-order chi connectivity index (χ0) is 20.3. The molecule has 0 unspecified atom stereocenters. The van der Waals surface area contributed by atoms with Gasteiger partial charge in [-0.1, -0.05) is 77.1 Å². The number of hydrogen-bond acceptors (Lipinski definition) is 2. The molecule has 0 bridgehead atoms. The summed E-state index contributed by atoms with van der Waals surface area (Å²) < 4.78 is 6.06. The first kappa shape index (κ1) is 19.9. The van der Waals surface area contributed by atoms with Crippen LogP contribution in [0.1, 0.15) is 62.0 Å². The predicted octanol–water partition coefficient (Wildman–Crippen LogP) is 7.38. The Bertz CT molecular complexity index is 943. The van der Waals surface area contributed by atoms with Gasteiger partial charge in [0.05, 0.1) is 5.56 Å². The molecule has 0 aliphatic rings. The third-order valence-electron chi connectivity index (χ3n) is 5.00. The summed E-state index contributed by atoms with van der Waals surface area (Å²) in [6, 6.07) is 22.3. The molecule has 2 nitrogen and oxygen atoms in total. The molecule has 3 aromatic carbocycles. The van der Waals surface area contributed by atoms with Crippen molar-refractivity contribution in [3.8, 4) is 22.6 Å². The largest absolute Gasteiger partial charge is 0.457 e. The predicted molar refractivity (Wildman–Crippen MR) is 117 cm³/mol. The van der Waals surface area contributed by atoms with Crippen molar-refractivity contribution in [1.82, 2.24) is 0 Å². The lowest BCUT2D eigenvalue weighted by Gasteiger charge is -2.19. The van der Waals surface area contributed by atoms with Crippen LogP contribution in [0.3, 0.4) is 0 Å². The second-order valence-corrected chi connectivity index (χ2v) is 8.52. The number of benzene rings is 3. The number of aldehydes is 1. The van der Waals surface area contributed by atoms with E-state index in [-0.39, 0.29) is 5.41 Å². The minimum absolute atomic E-state index is 0.0918. The Balaban J connectivity index is 1.90. The summed E-state index contributed by atoms with van der Waals surface area (Å²) in [7, 11) is 0. The lowest BCUT2D eigenvalue weighted by molar-refractivity contribution is 0.112. The molecule has 3 aromatic rings. The van der Waals surface area contributed by atoms with Crippen LogP contribution in [0.25, 0.3) is 11.1 Å². The Morgan fingerprint density at radius 3 is 1.96 bits per heavy atom. The van der Waals surface area contributed by atoms with E-state index in [0.717, 1.165) is 23.2 Å². The highest BCUT2D eigenvalue weighted by Crippen LogP contribution is 2.32. The van der Waals surface area contributed by atoms with E-state index in [4.69, 9.17) is 4.74 Å². The Hall–Kier alpha value is -2.87. The Labute approximate surface area is 168 Å². The van der Waals surface area contributed by atoms with E-state index in [0.29, 0.717) is 17.2 Å². The lowest BCUT2D eigenvalue weighted by atomic mass is 9.87. The molecular weight excluding hydrogens is 344 g/mol. The fourth-order valence-corrected chi connectivity index (χ4v) is 3.11. The Kier molecular flexibility index (Phi) is 5.69. The van der Waals surface area contributed by atoms with Gasteiger partial charge >= 0.3 is 0 Å². The van der Waals surface area contributed by atoms with Crippen LogP contribution < -0.4 is 4.74 Å². The Morgan fingerprint density at radius 1 is 0.821 bits per heavy atom. The fourth-order valence-electron chi connectivity index (χ4n) is 3.11. The van der Waals surface area contributed by atoms with Gasteiger partial charge in [0, 0.05) is 0 Å². The van der Waals surface area contributed by atoms with Gasteiger partial charge in [0.1, 0.15) is 11.5 Å². The van der Waals surface area contributed by atoms with Gasteiger partial charge in [-0.15, -0.1) is 0 Å². The number of ether oxygens (including phenoxy) is 1. The van der Waals surface area contributed by atoms with Crippen LogP contribution in [0.15, 0.2) is 66.7 Å².